The molecule has 1 fully saturated rings. The molecule has 3 heterocycles. The number of benzene rings is 1. The third kappa shape index (κ3) is 6.79. The van der Waals surface area contributed by atoms with Crippen LogP contribution in [0.25, 0.3) is 11.5 Å². The quantitative estimate of drug-likeness (QED) is 0.568. The van der Waals surface area contributed by atoms with Gasteiger partial charge in [0.1, 0.15) is 11.5 Å². The Balaban J connectivity index is 1.39. The van der Waals surface area contributed by atoms with Crippen LogP contribution in [0.2, 0.25) is 0 Å². The predicted molar refractivity (Wildman–Crippen MR) is 125 cm³/mol. The molecule has 0 bridgehead atoms. The zero-order valence-electron chi connectivity index (χ0n) is 18.8. The molecule has 0 aliphatic carbocycles. The van der Waals surface area contributed by atoms with Crippen molar-refractivity contribution in [1.29, 1.82) is 0 Å². The highest BCUT2D eigenvalue weighted by Crippen LogP contribution is 2.24. The minimum atomic E-state index is 0.00301. The van der Waals surface area contributed by atoms with Gasteiger partial charge in [0.25, 0.3) is 0 Å². The number of H-pyrrole nitrogens is 1. The molecule has 2 aromatic heterocycles. The monoisotopic (exact) mass is 449 g/mol. The van der Waals surface area contributed by atoms with Gasteiger partial charge in [-0.25, -0.2) is 0 Å². The van der Waals surface area contributed by atoms with E-state index in [-0.39, 0.29) is 24.3 Å². The van der Waals surface area contributed by atoms with Crippen molar-refractivity contribution >= 4 is 11.8 Å². The number of hydrogen-bond acceptors (Lipinski definition) is 5. The second-order valence-corrected chi connectivity index (χ2v) is 8.44. The molecule has 8 nitrogen and oxygen atoms in total. The molecule has 1 atom stereocenters. The van der Waals surface area contributed by atoms with Gasteiger partial charge in [0.2, 0.25) is 11.8 Å². The Bertz CT molecular complexity index is 1020. The molecule has 1 aromatic carbocycles. The van der Waals surface area contributed by atoms with Gasteiger partial charge in [0.05, 0.1) is 13.1 Å². The number of aromatic amines is 1. The van der Waals surface area contributed by atoms with Crippen molar-refractivity contribution in [2.24, 2.45) is 0 Å². The summed E-state index contributed by atoms with van der Waals surface area (Å²) in [4.78, 5) is 27.1. The Hall–Kier alpha value is -3.39. The van der Waals surface area contributed by atoms with Gasteiger partial charge in [0, 0.05) is 32.3 Å². The lowest BCUT2D eigenvalue weighted by atomic mass is 9.91. The Morgan fingerprint density at radius 1 is 0.970 bits per heavy atom. The molecule has 8 heteroatoms. The number of hydrogen-bond donors (Lipinski definition) is 3. The van der Waals surface area contributed by atoms with Crippen molar-refractivity contribution in [2.75, 3.05) is 26.2 Å². The molecular weight excluding hydrogens is 418 g/mol. The second-order valence-electron chi connectivity index (χ2n) is 8.44. The molecule has 174 valence electrons. The first-order chi connectivity index (χ1) is 16.2. The van der Waals surface area contributed by atoms with Crippen LogP contribution in [0.3, 0.4) is 0 Å². The van der Waals surface area contributed by atoms with E-state index in [0.717, 1.165) is 30.7 Å². The fourth-order valence-electron chi connectivity index (χ4n) is 4.21. The van der Waals surface area contributed by atoms with Gasteiger partial charge in [-0.1, -0.05) is 30.3 Å². The van der Waals surface area contributed by atoms with Gasteiger partial charge in [-0.3, -0.25) is 19.6 Å². The van der Waals surface area contributed by atoms with E-state index in [1.165, 1.54) is 5.56 Å². The number of furan rings is 1. The molecule has 0 spiro atoms. The molecule has 1 unspecified atom stereocenters. The van der Waals surface area contributed by atoms with Crippen LogP contribution >= 0.6 is 0 Å². The third-order valence-corrected chi connectivity index (χ3v) is 5.95. The van der Waals surface area contributed by atoms with Crippen LogP contribution in [0.1, 0.15) is 42.9 Å². The molecule has 1 saturated heterocycles. The molecule has 1 aliphatic rings. The van der Waals surface area contributed by atoms with Crippen molar-refractivity contribution in [3.05, 3.63) is 66.1 Å². The molecule has 4 rings (SSSR count). The van der Waals surface area contributed by atoms with Crippen molar-refractivity contribution in [3.8, 4) is 11.5 Å². The Kier molecular flexibility index (Phi) is 7.92. The van der Waals surface area contributed by atoms with Crippen LogP contribution in [0.15, 0.2) is 59.1 Å². The number of carbonyl (C=O) groups is 2. The summed E-state index contributed by atoms with van der Waals surface area (Å²) < 4.78 is 5.94. The second kappa shape index (κ2) is 11.5. The maximum Gasteiger partial charge on any atom is 0.234 e. The SMILES string of the molecule is O=C1CCC(c2ccccc2)CCNC(=O)CN(Cc2ccc(-c3ccn[nH]3)o2)CCCN1. The molecular formula is C25H31N5O3. The van der Waals surface area contributed by atoms with E-state index in [9.17, 15) is 9.59 Å². The predicted octanol–water partition coefficient (Wildman–Crippen LogP) is 3.06. The first kappa shape index (κ1) is 22.8. The number of rotatable bonds is 4. The van der Waals surface area contributed by atoms with Crippen molar-refractivity contribution < 1.29 is 14.0 Å². The number of aromatic nitrogens is 2. The fraction of sp³-hybridized carbons (Fsp3) is 0.400. The lowest BCUT2D eigenvalue weighted by Gasteiger charge is -2.23. The average molecular weight is 450 g/mol. The van der Waals surface area contributed by atoms with Crippen LogP contribution in [0, 0.1) is 0 Å². The highest BCUT2D eigenvalue weighted by molar-refractivity contribution is 5.78. The normalized spacial score (nSPS) is 19.5. The van der Waals surface area contributed by atoms with E-state index in [0.29, 0.717) is 38.4 Å². The lowest BCUT2D eigenvalue weighted by molar-refractivity contribution is -0.123. The maximum absolute atomic E-state index is 12.7. The smallest absolute Gasteiger partial charge is 0.234 e. The van der Waals surface area contributed by atoms with Crippen molar-refractivity contribution in [1.82, 2.24) is 25.7 Å². The summed E-state index contributed by atoms with van der Waals surface area (Å²) in [5.74, 6) is 1.82. The average Bonchev–Trinajstić information content (AvgIpc) is 3.51. The summed E-state index contributed by atoms with van der Waals surface area (Å²) in [5, 5.41) is 12.9. The molecule has 3 N–H and O–H groups in total. The Morgan fingerprint density at radius 3 is 2.64 bits per heavy atom. The summed E-state index contributed by atoms with van der Waals surface area (Å²) in [6.45, 7) is 2.65. The molecule has 0 saturated carbocycles. The highest BCUT2D eigenvalue weighted by Gasteiger charge is 2.18. The zero-order chi connectivity index (χ0) is 22.9. The lowest BCUT2D eigenvalue weighted by Crippen LogP contribution is -2.39. The number of nitrogens with one attached hydrogen (secondary N) is 3. The topological polar surface area (TPSA) is 103 Å². The summed E-state index contributed by atoms with van der Waals surface area (Å²) in [5.41, 5.74) is 2.02. The van der Waals surface area contributed by atoms with Gasteiger partial charge in [-0.2, -0.15) is 5.10 Å². The van der Waals surface area contributed by atoms with Gasteiger partial charge in [0.15, 0.2) is 5.76 Å². The van der Waals surface area contributed by atoms with Gasteiger partial charge in [-0.15, -0.1) is 0 Å². The van der Waals surface area contributed by atoms with E-state index in [4.69, 9.17) is 4.42 Å². The number of nitrogens with zero attached hydrogens (tertiary/aromatic N) is 2. The molecule has 1 aliphatic heterocycles. The van der Waals surface area contributed by atoms with E-state index >= 15 is 0 Å². The first-order valence-electron chi connectivity index (χ1n) is 11.6. The fourth-order valence-corrected chi connectivity index (χ4v) is 4.21. The Labute approximate surface area is 193 Å². The minimum absolute atomic E-state index is 0.00301. The van der Waals surface area contributed by atoms with Crippen molar-refractivity contribution in [2.45, 2.75) is 38.1 Å². The Morgan fingerprint density at radius 2 is 1.82 bits per heavy atom. The molecule has 2 amide bonds. The van der Waals surface area contributed by atoms with Gasteiger partial charge in [-0.05, 0) is 48.9 Å². The standard InChI is InChI=1S/C25H31N5O3/c31-24-10-7-20(19-5-2-1-3-6-19)11-14-27-25(32)18-30(16-4-13-26-24)17-21-8-9-23(33-21)22-12-15-28-29-22/h1-3,5-6,8-9,12,15,20H,4,7,10-11,13-14,16-18H2,(H,26,31)(H,27,32)(H,28,29). The van der Waals surface area contributed by atoms with E-state index in [1.54, 1.807) is 6.20 Å². The minimum Gasteiger partial charge on any atom is -0.458 e. The number of amides is 2. The maximum atomic E-state index is 12.7. The van der Waals surface area contributed by atoms with Crippen LogP contribution < -0.4 is 10.6 Å². The molecule has 3 aromatic rings. The third-order valence-electron chi connectivity index (χ3n) is 5.95. The van der Waals surface area contributed by atoms with Crippen LogP contribution in [0.4, 0.5) is 0 Å². The highest BCUT2D eigenvalue weighted by atomic mass is 16.3. The van der Waals surface area contributed by atoms with E-state index in [2.05, 4.69) is 37.9 Å². The zero-order valence-corrected chi connectivity index (χ0v) is 18.8. The molecule has 0 radical (unpaired) electrons. The summed E-state index contributed by atoms with van der Waals surface area (Å²) in [7, 11) is 0. The summed E-state index contributed by atoms with van der Waals surface area (Å²) in [6, 6.07) is 15.9. The summed E-state index contributed by atoms with van der Waals surface area (Å²) in [6.07, 6.45) is 4.50. The first-order valence-corrected chi connectivity index (χ1v) is 11.6. The van der Waals surface area contributed by atoms with Crippen molar-refractivity contribution in [3.63, 3.8) is 0 Å². The van der Waals surface area contributed by atoms with Crippen LogP contribution in [-0.2, 0) is 16.1 Å². The van der Waals surface area contributed by atoms with Crippen LogP contribution in [-0.4, -0.2) is 53.1 Å². The van der Waals surface area contributed by atoms with Gasteiger partial charge < -0.3 is 15.1 Å². The van der Waals surface area contributed by atoms with Crippen LogP contribution in [0.5, 0.6) is 0 Å². The van der Waals surface area contributed by atoms with Gasteiger partial charge >= 0.3 is 0 Å². The largest absolute Gasteiger partial charge is 0.458 e. The van der Waals surface area contributed by atoms with E-state index in [1.807, 2.05) is 36.4 Å². The molecule has 33 heavy (non-hydrogen) atoms. The number of carbonyl (C=O) groups excluding carboxylic acids is 2. The van der Waals surface area contributed by atoms with E-state index < -0.39 is 0 Å². The summed E-state index contributed by atoms with van der Waals surface area (Å²) >= 11 is 0.